The molecule has 0 bridgehead atoms. The van der Waals surface area contributed by atoms with Crippen LogP contribution in [0.5, 0.6) is 0 Å². The molecule has 1 aromatic rings. The van der Waals surface area contributed by atoms with Crippen LogP contribution in [-0.2, 0) is 0 Å². The summed E-state index contributed by atoms with van der Waals surface area (Å²) in [6.07, 6.45) is 2.82. The third kappa shape index (κ3) is 4.09. The molecule has 0 aromatic carbocycles. The second-order valence-electron chi connectivity index (χ2n) is 4.50. The predicted octanol–water partition coefficient (Wildman–Crippen LogP) is 2.76. The maximum Gasteiger partial charge on any atom is 0.252 e. The number of rotatable bonds is 5. The van der Waals surface area contributed by atoms with E-state index in [0.29, 0.717) is 12.1 Å². The van der Waals surface area contributed by atoms with Gasteiger partial charge < -0.3 is 11.1 Å². The molecule has 0 unspecified atom stereocenters. The van der Waals surface area contributed by atoms with E-state index in [-0.39, 0.29) is 11.4 Å². The Morgan fingerprint density at radius 2 is 2.00 bits per heavy atom. The molecule has 3 nitrogen and oxygen atoms in total. The van der Waals surface area contributed by atoms with Crippen LogP contribution in [0.25, 0.3) is 0 Å². The third-order valence-corrected chi connectivity index (χ3v) is 4.43. The standard InChI is InChI=1S/C15H22N2OS/c1-4-15(5-2,6-3)17-14(18)12-10-13(19-11-12)8-7-9-16/h10-11H,4-6,9,16H2,1-3H3,(H,17,18). The average molecular weight is 278 g/mol. The number of carbonyl (C=O) groups excluding carboxylic acids is 1. The van der Waals surface area contributed by atoms with Crippen LogP contribution in [0.3, 0.4) is 0 Å². The molecule has 0 saturated carbocycles. The average Bonchev–Trinajstić information content (AvgIpc) is 2.91. The zero-order chi connectivity index (χ0) is 14.3. The van der Waals surface area contributed by atoms with Gasteiger partial charge in [-0.05, 0) is 25.3 Å². The van der Waals surface area contributed by atoms with Crippen LogP contribution in [0.4, 0.5) is 0 Å². The Kier molecular flexibility index (Phi) is 6.07. The second-order valence-corrected chi connectivity index (χ2v) is 5.41. The number of nitrogens with one attached hydrogen (secondary N) is 1. The van der Waals surface area contributed by atoms with Crippen LogP contribution in [0.1, 0.15) is 55.3 Å². The highest BCUT2D eigenvalue weighted by atomic mass is 32.1. The minimum Gasteiger partial charge on any atom is -0.347 e. The van der Waals surface area contributed by atoms with E-state index >= 15 is 0 Å². The molecule has 0 atom stereocenters. The van der Waals surface area contributed by atoms with Gasteiger partial charge in [0.25, 0.3) is 5.91 Å². The first-order valence-corrected chi connectivity index (χ1v) is 7.58. The molecule has 1 rings (SSSR count). The predicted molar refractivity (Wildman–Crippen MR) is 81.3 cm³/mol. The molecule has 0 aliphatic rings. The van der Waals surface area contributed by atoms with E-state index in [9.17, 15) is 4.79 Å². The molecule has 19 heavy (non-hydrogen) atoms. The molecule has 0 fully saturated rings. The largest absolute Gasteiger partial charge is 0.347 e. The molecule has 4 heteroatoms. The maximum atomic E-state index is 12.2. The first kappa shape index (κ1) is 15.7. The van der Waals surface area contributed by atoms with Crippen LogP contribution in [0, 0.1) is 11.8 Å². The summed E-state index contributed by atoms with van der Waals surface area (Å²) in [4.78, 5) is 13.1. The third-order valence-electron chi connectivity index (χ3n) is 3.58. The van der Waals surface area contributed by atoms with Gasteiger partial charge in [-0.3, -0.25) is 4.79 Å². The number of amides is 1. The van der Waals surface area contributed by atoms with Gasteiger partial charge in [-0.15, -0.1) is 11.3 Å². The molecule has 0 spiro atoms. The van der Waals surface area contributed by atoms with E-state index in [0.717, 1.165) is 24.1 Å². The van der Waals surface area contributed by atoms with Gasteiger partial charge in [0.1, 0.15) is 0 Å². The van der Waals surface area contributed by atoms with Gasteiger partial charge >= 0.3 is 0 Å². The van der Waals surface area contributed by atoms with Crippen molar-refractivity contribution >= 4 is 17.2 Å². The van der Waals surface area contributed by atoms with E-state index in [1.54, 1.807) is 0 Å². The zero-order valence-electron chi connectivity index (χ0n) is 11.9. The molecular weight excluding hydrogens is 256 g/mol. The number of carbonyl (C=O) groups is 1. The number of hydrogen-bond donors (Lipinski definition) is 2. The molecule has 1 heterocycles. The van der Waals surface area contributed by atoms with Gasteiger partial charge in [0.05, 0.1) is 17.0 Å². The molecule has 0 aliphatic heterocycles. The van der Waals surface area contributed by atoms with Gasteiger partial charge in [-0.2, -0.15) is 0 Å². The van der Waals surface area contributed by atoms with Crippen molar-refractivity contribution in [3.63, 3.8) is 0 Å². The van der Waals surface area contributed by atoms with Gasteiger partial charge in [-0.25, -0.2) is 0 Å². The monoisotopic (exact) mass is 278 g/mol. The quantitative estimate of drug-likeness (QED) is 0.814. The first-order chi connectivity index (χ1) is 9.10. The Morgan fingerprint density at radius 1 is 1.37 bits per heavy atom. The van der Waals surface area contributed by atoms with Crippen LogP contribution < -0.4 is 11.1 Å². The minimum atomic E-state index is -0.0951. The van der Waals surface area contributed by atoms with Crippen LogP contribution >= 0.6 is 11.3 Å². The lowest BCUT2D eigenvalue weighted by molar-refractivity contribution is 0.0888. The Hall–Kier alpha value is -1.31. The van der Waals surface area contributed by atoms with Crippen LogP contribution in [-0.4, -0.2) is 18.0 Å². The van der Waals surface area contributed by atoms with E-state index in [4.69, 9.17) is 5.73 Å². The molecule has 1 amide bonds. The Labute approximate surface area is 119 Å². The van der Waals surface area contributed by atoms with Crippen molar-refractivity contribution in [2.24, 2.45) is 5.73 Å². The highest BCUT2D eigenvalue weighted by Crippen LogP contribution is 2.21. The summed E-state index contributed by atoms with van der Waals surface area (Å²) in [6.45, 7) is 6.67. The van der Waals surface area contributed by atoms with E-state index in [2.05, 4.69) is 37.9 Å². The smallest absolute Gasteiger partial charge is 0.252 e. The van der Waals surface area contributed by atoms with Crippen molar-refractivity contribution in [3.05, 3.63) is 21.9 Å². The summed E-state index contributed by atoms with van der Waals surface area (Å²) < 4.78 is 0. The topological polar surface area (TPSA) is 55.1 Å². The summed E-state index contributed by atoms with van der Waals surface area (Å²) in [7, 11) is 0. The normalized spacial score (nSPS) is 10.7. The highest BCUT2D eigenvalue weighted by Gasteiger charge is 2.26. The summed E-state index contributed by atoms with van der Waals surface area (Å²) in [5.74, 6) is 5.73. The van der Waals surface area contributed by atoms with E-state index in [1.807, 2.05) is 11.4 Å². The summed E-state index contributed by atoms with van der Waals surface area (Å²) in [6, 6.07) is 1.83. The van der Waals surface area contributed by atoms with Crippen molar-refractivity contribution < 1.29 is 4.79 Å². The van der Waals surface area contributed by atoms with Crippen LogP contribution in [0.2, 0.25) is 0 Å². The van der Waals surface area contributed by atoms with E-state index < -0.39 is 0 Å². The zero-order valence-corrected chi connectivity index (χ0v) is 12.7. The SMILES string of the molecule is CCC(CC)(CC)NC(=O)c1csc(C#CCN)c1. The van der Waals surface area contributed by atoms with Crippen molar-refractivity contribution in [2.75, 3.05) is 6.54 Å². The summed E-state index contributed by atoms with van der Waals surface area (Å²) in [5, 5.41) is 5.01. The first-order valence-electron chi connectivity index (χ1n) is 6.70. The van der Waals surface area contributed by atoms with Crippen molar-refractivity contribution in [1.29, 1.82) is 0 Å². The maximum absolute atomic E-state index is 12.2. The summed E-state index contributed by atoms with van der Waals surface area (Å²) in [5.41, 5.74) is 5.92. The van der Waals surface area contributed by atoms with E-state index in [1.165, 1.54) is 11.3 Å². The number of hydrogen-bond acceptors (Lipinski definition) is 3. The molecule has 1 aromatic heterocycles. The Balaban J connectivity index is 2.80. The van der Waals surface area contributed by atoms with Gasteiger partial charge in [-0.1, -0.05) is 32.6 Å². The second kappa shape index (κ2) is 7.32. The molecule has 3 N–H and O–H groups in total. The Morgan fingerprint density at radius 3 is 2.53 bits per heavy atom. The summed E-state index contributed by atoms with van der Waals surface area (Å²) >= 11 is 1.48. The molecular formula is C15H22N2OS. The molecule has 0 radical (unpaired) electrons. The number of thiophene rings is 1. The number of nitrogens with two attached hydrogens (primary N) is 1. The lowest BCUT2D eigenvalue weighted by Crippen LogP contribution is -2.47. The fraction of sp³-hybridized carbons (Fsp3) is 0.533. The fourth-order valence-electron chi connectivity index (χ4n) is 1.99. The minimum absolute atomic E-state index is 0.0115. The lowest BCUT2D eigenvalue weighted by Gasteiger charge is -2.31. The van der Waals surface area contributed by atoms with Crippen molar-refractivity contribution in [2.45, 2.75) is 45.6 Å². The van der Waals surface area contributed by atoms with Gasteiger partial charge in [0, 0.05) is 10.9 Å². The van der Waals surface area contributed by atoms with Crippen molar-refractivity contribution in [3.8, 4) is 11.8 Å². The van der Waals surface area contributed by atoms with Gasteiger partial charge in [0.2, 0.25) is 0 Å². The van der Waals surface area contributed by atoms with Crippen molar-refractivity contribution in [1.82, 2.24) is 5.32 Å². The lowest BCUT2D eigenvalue weighted by atomic mass is 9.89. The highest BCUT2D eigenvalue weighted by molar-refractivity contribution is 7.10. The molecule has 104 valence electrons. The fourth-order valence-corrected chi connectivity index (χ4v) is 2.74. The van der Waals surface area contributed by atoms with Crippen LogP contribution in [0.15, 0.2) is 11.4 Å². The molecule has 0 aliphatic carbocycles. The molecule has 0 saturated heterocycles. The van der Waals surface area contributed by atoms with Gasteiger partial charge in [0.15, 0.2) is 0 Å². The Bertz CT molecular complexity index is 470.